The third kappa shape index (κ3) is 3.11. The highest BCUT2D eigenvalue weighted by molar-refractivity contribution is 5.64. The van der Waals surface area contributed by atoms with Crippen molar-refractivity contribution in [1.82, 2.24) is 0 Å². The minimum atomic E-state index is 0.0419. The third-order valence-electron chi connectivity index (χ3n) is 2.91. The van der Waals surface area contributed by atoms with E-state index in [9.17, 15) is 0 Å². The van der Waals surface area contributed by atoms with Gasteiger partial charge in [0.1, 0.15) is 12.4 Å². The maximum Gasteiger partial charge on any atom is 0.119 e. The number of benzene rings is 2. The maximum atomic E-state index is 8.68. The summed E-state index contributed by atoms with van der Waals surface area (Å²) in [5.41, 5.74) is 3.73. The van der Waals surface area contributed by atoms with Gasteiger partial charge in [-0.2, -0.15) is 0 Å². The normalized spacial score (nSPS) is 10.3. The van der Waals surface area contributed by atoms with Crippen LogP contribution in [0.2, 0.25) is 0 Å². The lowest BCUT2D eigenvalue weighted by Gasteiger charge is -2.06. The Morgan fingerprint density at radius 1 is 0.889 bits per heavy atom. The van der Waals surface area contributed by atoms with Crippen LogP contribution in [0.5, 0.6) is 5.75 Å². The van der Waals surface area contributed by atoms with Crippen LogP contribution in [0.1, 0.15) is 12.5 Å². The SMILES string of the molecule is CCc1ccc(-c2ccc(OCCO)cc2)cc1. The molecule has 0 heterocycles. The summed E-state index contributed by atoms with van der Waals surface area (Å²) in [6.45, 7) is 2.53. The molecule has 18 heavy (non-hydrogen) atoms. The van der Waals surface area contributed by atoms with Crippen molar-refractivity contribution in [2.45, 2.75) is 13.3 Å². The molecule has 0 aliphatic carbocycles. The zero-order valence-electron chi connectivity index (χ0n) is 10.6. The van der Waals surface area contributed by atoms with Crippen molar-refractivity contribution in [3.8, 4) is 16.9 Å². The second-order valence-electron chi connectivity index (χ2n) is 4.15. The molecule has 2 aromatic rings. The average Bonchev–Trinajstić information content (AvgIpc) is 2.46. The van der Waals surface area contributed by atoms with Gasteiger partial charge in [-0.3, -0.25) is 0 Å². The second-order valence-corrected chi connectivity index (χ2v) is 4.15. The van der Waals surface area contributed by atoms with Crippen molar-refractivity contribution in [2.75, 3.05) is 13.2 Å². The molecular weight excluding hydrogens is 224 g/mol. The fraction of sp³-hybridized carbons (Fsp3) is 0.250. The molecule has 0 saturated carbocycles. The Morgan fingerprint density at radius 2 is 1.44 bits per heavy atom. The van der Waals surface area contributed by atoms with Crippen molar-refractivity contribution in [3.05, 3.63) is 54.1 Å². The number of aliphatic hydroxyl groups excluding tert-OH is 1. The summed E-state index contributed by atoms with van der Waals surface area (Å²) >= 11 is 0. The molecule has 0 unspecified atom stereocenters. The van der Waals surface area contributed by atoms with Gasteiger partial charge in [0.25, 0.3) is 0 Å². The topological polar surface area (TPSA) is 29.5 Å². The first-order valence-corrected chi connectivity index (χ1v) is 6.26. The molecule has 0 atom stereocenters. The average molecular weight is 242 g/mol. The number of ether oxygens (including phenoxy) is 1. The van der Waals surface area contributed by atoms with Crippen molar-refractivity contribution >= 4 is 0 Å². The largest absolute Gasteiger partial charge is 0.491 e. The summed E-state index contributed by atoms with van der Waals surface area (Å²) in [5.74, 6) is 0.790. The fourth-order valence-electron chi connectivity index (χ4n) is 1.84. The molecule has 0 amide bonds. The number of aryl methyl sites for hydroxylation is 1. The Kier molecular flexibility index (Phi) is 4.37. The summed E-state index contributed by atoms with van der Waals surface area (Å²) in [6, 6.07) is 16.5. The smallest absolute Gasteiger partial charge is 0.119 e. The molecule has 2 aromatic carbocycles. The van der Waals surface area contributed by atoms with E-state index in [1.54, 1.807) is 0 Å². The second kappa shape index (κ2) is 6.22. The number of rotatable bonds is 5. The molecule has 0 aromatic heterocycles. The highest BCUT2D eigenvalue weighted by Gasteiger charge is 1.99. The standard InChI is InChI=1S/C16H18O2/c1-2-13-3-5-14(6-4-13)15-7-9-16(10-8-15)18-12-11-17/h3-10,17H,2,11-12H2,1H3. The van der Waals surface area contributed by atoms with Gasteiger partial charge in [-0.25, -0.2) is 0 Å². The van der Waals surface area contributed by atoms with Crippen molar-refractivity contribution in [2.24, 2.45) is 0 Å². The molecule has 2 nitrogen and oxygen atoms in total. The minimum absolute atomic E-state index is 0.0419. The number of hydrogen-bond acceptors (Lipinski definition) is 2. The van der Waals surface area contributed by atoms with Crippen LogP contribution in [-0.4, -0.2) is 18.3 Å². The predicted molar refractivity (Wildman–Crippen MR) is 73.8 cm³/mol. The first kappa shape index (κ1) is 12.7. The van der Waals surface area contributed by atoms with Gasteiger partial charge in [0, 0.05) is 0 Å². The van der Waals surface area contributed by atoms with Gasteiger partial charge in [-0.05, 0) is 35.2 Å². The van der Waals surface area contributed by atoms with E-state index in [2.05, 4.69) is 31.2 Å². The molecule has 1 N–H and O–H groups in total. The van der Waals surface area contributed by atoms with Gasteiger partial charge < -0.3 is 9.84 Å². The fourth-order valence-corrected chi connectivity index (χ4v) is 1.84. The third-order valence-corrected chi connectivity index (χ3v) is 2.91. The monoisotopic (exact) mass is 242 g/mol. The minimum Gasteiger partial charge on any atom is -0.491 e. The molecule has 0 radical (unpaired) electrons. The lowest BCUT2D eigenvalue weighted by atomic mass is 10.0. The molecule has 0 spiro atoms. The van der Waals surface area contributed by atoms with E-state index < -0.39 is 0 Å². The van der Waals surface area contributed by atoms with Crippen molar-refractivity contribution < 1.29 is 9.84 Å². The van der Waals surface area contributed by atoms with Crippen LogP contribution in [0.4, 0.5) is 0 Å². The molecule has 0 aliphatic heterocycles. The van der Waals surface area contributed by atoms with Gasteiger partial charge in [0.15, 0.2) is 0 Å². The van der Waals surface area contributed by atoms with Gasteiger partial charge in [0.05, 0.1) is 6.61 Å². The Morgan fingerprint density at radius 3 is 1.94 bits per heavy atom. The van der Waals surface area contributed by atoms with E-state index in [0.29, 0.717) is 6.61 Å². The summed E-state index contributed by atoms with van der Waals surface area (Å²) in [6.07, 6.45) is 1.06. The molecular formula is C16H18O2. The van der Waals surface area contributed by atoms with Crippen LogP contribution in [0, 0.1) is 0 Å². The van der Waals surface area contributed by atoms with Crippen LogP contribution in [-0.2, 0) is 6.42 Å². The van der Waals surface area contributed by atoms with Gasteiger partial charge in [-0.15, -0.1) is 0 Å². The molecule has 2 heteroatoms. The lowest BCUT2D eigenvalue weighted by molar-refractivity contribution is 0.201. The van der Waals surface area contributed by atoms with E-state index in [4.69, 9.17) is 9.84 Å². The highest BCUT2D eigenvalue weighted by atomic mass is 16.5. The molecule has 0 bridgehead atoms. The van der Waals surface area contributed by atoms with Crippen LogP contribution >= 0.6 is 0 Å². The van der Waals surface area contributed by atoms with Gasteiger partial charge >= 0.3 is 0 Å². The summed E-state index contributed by atoms with van der Waals surface area (Å²) in [7, 11) is 0. The highest BCUT2D eigenvalue weighted by Crippen LogP contribution is 2.22. The van der Waals surface area contributed by atoms with E-state index in [1.165, 1.54) is 16.7 Å². The quantitative estimate of drug-likeness (QED) is 0.871. The van der Waals surface area contributed by atoms with Crippen molar-refractivity contribution in [1.29, 1.82) is 0 Å². The Hall–Kier alpha value is -1.80. The van der Waals surface area contributed by atoms with Gasteiger partial charge in [-0.1, -0.05) is 43.3 Å². The Labute approximate surface area is 108 Å². The summed E-state index contributed by atoms with van der Waals surface area (Å²) < 4.78 is 5.33. The lowest BCUT2D eigenvalue weighted by Crippen LogP contribution is -2.01. The summed E-state index contributed by atoms with van der Waals surface area (Å²) in [5, 5.41) is 8.68. The molecule has 0 aliphatic rings. The van der Waals surface area contributed by atoms with Crippen LogP contribution in [0.3, 0.4) is 0 Å². The zero-order valence-corrected chi connectivity index (χ0v) is 10.6. The first-order chi connectivity index (χ1) is 8.83. The molecule has 94 valence electrons. The Bertz CT molecular complexity index is 471. The van der Waals surface area contributed by atoms with Crippen molar-refractivity contribution in [3.63, 3.8) is 0 Å². The van der Waals surface area contributed by atoms with E-state index >= 15 is 0 Å². The van der Waals surface area contributed by atoms with E-state index in [1.807, 2.05) is 24.3 Å². The van der Waals surface area contributed by atoms with Crippen LogP contribution < -0.4 is 4.74 Å². The van der Waals surface area contributed by atoms with Crippen LogP contribution in [0.15, 0.2) is 48.5 Å². The van der Waals surface area contributed by atoms with E-state index in [0.717, 1.165) is 12.2 Å². The summed E-state index contributed by atoms with van der Waals surface area (Å²) in [4.78, 5) is 0. The maximum absolute atomic E-state index is 8.68. The van der Waals surface area contributed by atoms with Crippen LogP contribution in [0.25, 0.3) is 11.1 Å². The number of aliphatic hydroxyl groups is 1. The Balaban J connectivity index is 2.12. The number of hydrogen-bond donors (Lipinski definition) is 1. The first-order valence-electron chi connectivity index (χ1n) is 6.26. The zero-order chi connectivity index (χ0) is 12.8. The van der Waals surface area contributed by atoms with E-state index in [-0.39, 0.29) is 6.61 Å². The molecule has 0 saturated heterocycles. The predicted octanol–water partition coefficient (Wildman–Crippen LogP) is 3.29. The molecule has 2 rings (SSSR count). The van der Waals surface area contributed by atoms with Gasteiger partial charge in [0.2, 0.25) is 0 Å². The molecule has 0 fully saturated rings.